The molecular weight excluding hydrogens is 238 g/mol. The minimum absolute atomic E-state index is 0.278. The smallest absolute Gasteiger partial charge is 0.182 e. The standard InChI is InChI=1S/C14H19N5/c1-9(2)12-14-18-17-13(19(14)8-7-15-12)11-6-4-5-10(3)16-11/h4-6,9,12,15H,7-8H2,1-3H3. The molecule has 0 aliphatic carbocycles. The van der Waals surface area contributed by atoms with E-state index >= 15 is 0 Å². The molecule has 0 aromatic carbocycles. The number of hydrogen-bond donors (Lipinski definition) is 1. The van der Waals surface area contributed by atoms with Gasteiger partial charge in [-0.1, -0.05) is 19.9 Å². The topological polar surface area (TPSA) is 55.6 Å². The van der Waals surface area contributed by atoms with E-state index in [1.54, 1.807) is 0 Å². The summed E-state index contributed by atoms with van der Waals surface area (Å²) < 4.78 is 2.20. The van der Waals surface area contributed by atoms with E-state index in [0.717, 1.165) is 36.1 Å². The predicted octanol–water partition coefficient (Wildman–Crippen LogP) is 1.95. The Labute approximate surface area is 113 Å². The molecule has 0 radical (unpaired) electrons. The molecule has 1 unspecified atom stereocenters. The second-order valence-corrected chi connectivity index (χ2v) is 5.37. The van der Waals surface area contributed by atoms with Crippen molar-refractivity contribution in [3.63, 3.8) is 0 Å². The second-order valence-electron chi connectivity index (χ2n) is 5.37. The molecule has 2 aromatic rings. The third-order valence-electron chi connectivity index (χ3n) is 3.54. The Hall–Kier alpha value is -1.75. The minimum atomic E-state index is 0.278. The van der Waals surface area contributed by atoms with Crippen LogP contribution in [0.4, 0.5) is 0 Å². The Kier molecular flexibility index (Phi) is 3.06. The van der Waals surface area contributed by atoms with Gasteiger partial charge in [-0.25, -0.2) is 4.98 Å². The first-order valence-electron chi connectivity index (χ1n) is 6.77. The summed E-state index contributed by atoms with van der Waals surface area (Å²) in [5, 5.41) is 12.2. The van der Waals surface area contributed by atoms with E-state index in [0.29, 0.717) is 5.92 Å². The molecule has 1 aliphatic heterocycles. The predicted molar refractivity (Wildman–Crippen MR) is 73.6 cm³/mol. The third kappa shape index (κ3) is 2.14. The van der Waals surface area contributed by atoms with Crippen LogP contribution < -0.4 is 5.32 Å². The lowest BCUT2D eigenvalue weighted by molar-refractivity contribution is 0.339. The van der Waals surface area contributed by atoms with Gasteiger partial charge in [0.2, 0.25) is 0 Å². The Morgan fingerprint density at radius 2 is 2.16 bits per heavy atom. The minimum Gasteiger partial charge on any atom is -0.307 e. The van der Waals surface area contributed by atoms with Crippen LogP contribution >= 0.6 is 0 Å². The van der Waals surface area contributed by atoms with Gasteiger partial charge >= 0.3 is 0 Å². The lowest BCUT2D eigenvalue weighted by Crippen LogP contribution is -2.36. The van der Waals surface area contributed by atoms with Crippen molar-refractivity contribution in [2.45, 2.75) is 33.4 Å². The molecule has 0 spiro atoms. The molecule has 2 aromatic heterocycles. The Bertz CT molecular complexity index is 587. The Balaban J connectivity index is 2.06. The number of hydrogen-bond acceptors (Lipinski definition) is 4. The molecular formula is C14H19N5. The number of pyridine rings is 1. The van der Waals surface area contributed by atoms with Crippen LogP contribution in [0.5, 0.6) is 0 Å². The van der Waals surface area contributed by atoms with Crippen molar-refractivity contribution in [2.24, 2.45) is 5.92 Å². The van der Waals surface area contributed by atoms with Crippen molar-refractivity contribution in [3.8, 4) is 11.5 Å². The summed E-state index contributed by atoms with van der Waals surface area (Å²) in [6.07, 6.45) is 0. The molecule has 0 saturated carbocycles. The maximum Gasteiger partial charge on any atom is 0.182 e. The molecule has 1 N–H and O–H groups in total. The fraction of sp³-hybridized carbons (Fsp3) is 0.500. The van der Waals surface area contributed by atoms with Crippen LogP contribution in [-0.4, -0.2) is 26.3 Å². The first-order valence-corrected chi connectivity index (χ1v) is 6.77. The molecule has 100 valence electrons. The highest BCUT2D eigenvalue weighted by Gasteiger charge is 2.27. The van der Waals surface area contributed by atoms with E-state index in [1.165, 1.54) is 0 Å². The number of nitrogens with one attached hydrogen (secondary N) is 1. The molecule has 1 atom stereocenters. The molecule has 0 amide bonds. The van der Waals surface area contributed by atoms with E-state index in [-0.39, 0.29) is 6.04 Å². The van der Waals surface area contributed by atoms with Gasteiger partial charge in [0.25, 0.3) is 0 Å². The quantitative estimate of drug-likeness (QED) is 0.893. The van der Waals surface area contributed by atoms with Crippen LogP contribution in [0.25, 0.3) is 11.5 Å². The Morgan fingerprint density at radius 3 is 2.89 bits per heavy atom. The monoisotopic (exact) mass is 257 g/mol. The Morgan fingerprint density at radius 1 is 1.32 bits per heavy atom. The van der Waals surface area contributed by atoms with Crippen LogP contribution in [-0.2, 0) is 6.54 Å². The zero-order valence-electron chi connectivity index (χ0n) is 11.6. The summed E-state index contributed by atoms with van der Waals surface area (Å²) in [6.45, 7) is 8.25. The van der Waals surface area contributed by atoms with Gasteiger partial charge in [0.05, 0.1) is 6.04 Å². The zero-order chi connectivity index (χ0) is 13.4. The van der Waals surface area contributed by atoms with E-state index in [9.17, 15) is 0 Å². The number of aryl methyl sites for hydroxylation is 1. The van der Waals surface area contributed by atoms with E-state index in [2.05, 4.69) is 38.9 Å². The van der Waals surface area contributed by atoms with Gasteiger partial charge in [-0.3, -0.25) is 0 Å². The zero-order valence-corrected chi connectivity index (χ0v) is 11.6. The molecule has 3 rings (SSSR count). The summed E-state index contributed by atoms with van der Waals surface area (Å²) in [7, 11) is 0. The molecule has 5 nitrogen and oxygen atoms in total. The van der Waals surface area contributed by atoms with Gasteiger partial charge in [0.1, 0.15) is 5.69 Å². The maximum absolute atomic E-state index is 4.55. The van der Waals surface area contributed by atoms with Crippen molar-refractivity contribution in [1.29, 1.82) is 0 Å². The van der Waals surface area contributed by atoms with Crippen LogP contribution in [0.3, 0.4) is 0 Å². The first-order chi connectivity index (χ1) is 9.16. The molecule has 0 fully saturated rings. The molecule has 1 aliphatic rings. The summed E-state index contributed by atoms with van der Waals surface area (Å²) in [4.78, 5) is 4.55. The molecule has 0 saturated heterocycles. The summed E-state index contributed by atoms with van der Waals surface area (Å²) in [5.74, 6) is 2.41. The first kappa shape index (κ1) is 12.3. The molecule has 5 heteroatoms. The summed E-state index contributed by atoms with van der Waals surface area (Å²) in [5.41, 5.74) is 1.91. The van der Waals surface area contributed by atoms with Crippen LogP contribution in [0.1, 0.15) is 31.4 Å². The average molecular weight is 257 g/mol. The van der Waals surface area contributed by atoms with Crippen LogP contribution in [0.2, 0.25) is 0 Å². The van der Waals surface area contributed by atoms with Crippen molar-refractivity contribution in [3.05, 3.63) is 29.7 Å². The molecule has 0 bridgehead atoms. The lowest BCUT2D eigenvalue weighted by atomic mass is 10.0. The third-order valence-corrected chi connectivity index (χ3v) is 3.54. The highest BCUT2D eigenvalue weighted by molar-refractivity contribution is 5.50. The van der Waals surface area contributed by atoms with Crippen molar-refractivity contribution < 1.29 is 0 Å². The van der Waals surface area contributed by atoms with Crippen molar-refractivity contribution >= 4 is 0 Å². The fourth-order valence-electron chi connectivity index (χ4n) is 2.58. The molecule has 19 heavy (non-hydrogen) atoms. The van der Waals surface area contributed by atoms with Gasteiger partial charge in [-0.05, 0) is 25.0 Å². The number of nitrogens with zero attached hydrogens (tertiary/aromatic N) is 4. The molecule has 3 heterocycles. The van der Waals surface area contributed by atoms with Gasteiger partial charge in [0, 0.05) is 18.8 Å². The van der Waals surface area contributed by atoms with Gasteiger partial charge in [0.15, 0.2) is 11.6 Å². The van der Waals surface area contributed by atoms with Crippen LogP contribution in [0.15, 0.2) is 18.2 Å². The van der Waals surface area contributed by atoms with E-state index in [4.69, 9.17) is 0 Å². The van der Waals surface area contributed by atoms with Gasteiger partial charge in [-0.15, -0.1) is 10.2 Å². The average Bonchev–Trinajstić information content (AvgIpc) is 2.82. The summed E-state index contributed by atoms with van der Waals surface area (Å²) >= 11 is 0. The number of rotatable bonds is 2. The highest BCUT2D eigenvalue weighted by atomic mass is 15.3. The van der Waals surface area contributed by atoms with Crippen molar-refractivity contribution in [2.75, 3.05) is 6.54 Å². The fourth-order valence-corrected chi connectivity index (χ4v) is 2.58. The largest absolute Gasteiger partial charge is 0.307 e. The van der Waals surface area contributed by atoms with Crippen molar-refractivity contribution in [1.82, 2.24) is 25.1 Å². The second kappa shape index (κ2) is 4.74. The SMILES string of the molecule is Cc1cccc(-c2nnc3n2CCNC3C(C)C)n1. The normalized spacial score (nSPS) is 18.6. The van der Waals surface area contributed by atoms with E-state index in [1.807, 2.05) is 25.1 Å². The van der Waals surface area contributed by atoms with Gasteiger partial charge < -0.3 is 9.88 Å². The number of aromatic nitrogens is 4. The van der Waals surface area contributed by atoms with Gasteiger partial charge in [-0.2, -0.15) is 0 Å². The maximum atomic E-state index is 4.55. The number of fused-ring (bicyclic) bond motifs is 1. The highest BCUT2D eigenvalue weighted by Crippen LogP contribution is 2.26. The summed E-state index contributed by atoms with van der Waals surface area (Å²) in [6, 6.07) is 6.28. The van der Waals surface area contributed by atoms with E-state index < -0.39 is 0 Å². The lowest BCUT2D eigenvalue weighted by Gasteiger charge is -2.27. The van der Waals surface area contributed by atoms with Crippen LogP contribution in [0, 0.1) is 12.8 Å².